The van der Waals surface area contributed by atoms with Crippen molar-refractivity contribution in [2.24, 2.45) is 17.3 Å². The zero-order valence-electron chi connectivity index (χ0n) is 14.5. The molecule has 3 fully saturated rings. The van der Waals surface area contributed by atoms with E-state index in [1.807, 2.05) is 6.92 Å². The molecule has 2 bridgehead atoms. The summed E-state index contributed by atoms with van der Waals surface area (Å²) in [5.74, 6) is -1.35. The summed E-state index contributed by atoms with van der Waals surface area (Å²) in [5, 5.41) is 22.1. The number of carbonyl (C=O) groups is 2. The van der Waals surface area contributed by atoms with Gasteiger partial charge in [-0.15, -0.1) is 0 Å². The summed E-state index contributed by atoms with van der Waals surface area (Å²) in [5.41, 5.74) is -4.97. The lowest BCUT2D eigenvalue weighted by Gasteiger charge is -2.49. The van der Waals surface area contributed by atoms with Crippen LogP contribution in [-0.2, 0) is 19.1 Å². The Balaban J connectivity index is 1.94. The number of rotatable bonds is 0. The van der Waals surface area contributed by atoms with Crippen molar-refractivity contribution in [1.29, 1.82) is 0 Å². The summed E-state index contributed by atoms with van der Waals surface area (Å²) >= 11 is 0. The second-order valence-corrected chi connectivity index (χ2v) is 8.58. The first-order chi connectivity index (χ1) is 11.7. The molecular formula is C19H22O6. The molecule has 0 aromatic carbocycles. The molecule has 25 heavy (non-hydrogen) atoms. The molecule has 2 aliphatic carbocycles. The standard InChI is InChI=1S/C19H22O6/c1-9-4-5-11(20)12-14(22)24-17-6-7-18(13(9)21)15(23)16(3,10(2)8-17)25-19(12,17)18/h6-7,9-10,15,20,23H,4-5,8H2,1-3H3/t9-,10-,15+,16-,17+,18-,19+/m0/s1. The highest BCUT2D eigenvalue weighted by Crippen LogP contribution is 2.74. The van der Waals surface area contributed by atoms with E-state index in [0.29, 0.717) is 12.8 Å². The highest BCUT2D eigenvalue weighted by molar-refractivity contribution is 6.03. The van der Waals surface area contributed by atoms with E-state index in [2.05, 4.69) is 0 Å². The summed E-state index contributed by atoms with van der Waals surface area (Å²) in [6.07, 6.45) is 3.39. The monoisotopic (exact) mass is 346 g/mol. The Hall–Kier alpha value is -1.66. The van der Waals surface area contributed by atoms with E-state index in [1.165, 1.54) is 0 Å². The minimum atomic E-state index is -1.46. The Morgan fingerprint density at radius 2 is 1.96 bits per heavy atom. The molecule has 0 aromatic rings. The van der Waals surface area contributed by atoms with Gasteiger partial charge in [0.2, 0.25) is 0 Å². The van der Waals surface area contributed by atoms with E-state index < -0.39 is 34.3 Å². The maximum atomic E-state index is 13.5. The van der Waals surface area contributed by atoms with Crippen LogP contribution in [0.4, 0.5) is 0 Å². The third kappa shape index (κ3) is 1.24. The topological polar surface area (TPSA) is 93.1 Å². The maximum absolute atomic E-state index is 13.5. The van der Waals surface area contributed by atoms with Gasteiger partial charge in [0.1, 0.15) is 22.9 Å². The van der Waals surface area contributed by atoms with Crippen molar-refractivity contribution in [1.82, 2.24) is 0 Å². The third-order valence-electron chi connectivity index (χ3n) is 7.52. The first kappa shape index (κ1) is 15.6. The molecule has 5 rings (SSSR count). The smallest absolute Gasteiger partial charge is 0.341 e. The quantitative estimate of drug-likeness (QED) is 0.511. The second-order valence-electron chi connectivity index (χ2n) is 8.58. The molecule has 3 saturated heterocycles. The Bertz CT molecular complexity index is 798. The van der Waals surface area contributed by atoms with E-state index in [0.717, 1.165) is 0 Å². The Morgan fingerprint density at radius 1 is 1.24 bits per heavy atom. The average Bonchev–Trinajstić information content (AvgIpc) is 3.02. The summed E-state index contributed by atoms with van der Waals surface area (Å²) in [7, 11) is 0. The molecule has 0 radical (unpaired) electrons. The predicted octanol–water partition coefficient (Wildman–Crippen LogP) is 1.58. The first-order valence-corrected chi connectivity index (χ1v) is 8.95. The van der Waals surface area contributed by atoms with Crippen LogP contribution in [0.3, 0.4) is 0 Å². The van der Waals surface area contributed by atoms with Gasteiger partial charge in [0.15, 0.2) is 17.0 Å². The van der Waals surface area contributed by atoms with Gasteiger partial charge >= 0.3 is 5.97 Å². The number of ketones is 1. The van der Waals surface area contributed by atoms with Crippen molar-refractivity contribution in [3.8, 4) is 0 Å². The lowest BCUT2D eigenvalue weighted by atomic mass is 9.59. The molecule has 6 heteroatoms. The molecule has 0 saturated carbocycles. The van der Waals surface area contributed by atoms with Crippen molar-refractivity contribution in [2.45, 2.75) is 62.9 Å². The van der Waals surface area contributed by atoms with E-state index in [-0.39, 0.29) is 35.4 Å². The molecule has 134 valence electrons. The molecule has 3 aliphatic heterocycles. The molecule has 7 atom stereocenters. The molecule has 6 nitrogen and oxygen atoms in total. The number of fused-ring (bicyclic) bond motifs is 1. The molecule has 0 amide bonds. The van der Waals surface area contributed by atoms with Crippen molar-refractivity contribution in [2.75, 3.05) is 0 Å². The van der Waals surface area contributed by atoms with Gasteiger partial charge in [0.25, 0.3) is 0 Å². The number of Topliss-reactive ketones (excluding diaryl/α,β-unsaturated/α-hetero) is 1. The first-order valence-electron chi connectivity index (χ1n) is 8.95. The van der Waals surface area contributed by atoms with E-state index in [4.69, 9.17) is 9.47 Å². The minimum Gasteiger partial charge on any atom is -0.512 e. The van der Waals surface area contributed by atoms with Crippen LogP contribution < -0.4 is 0 Å². The van der Waals surface area contributed by atoms with Gasteiger partial charge in [-0.1, -0.05) is 19.9 Å². The van der Waals surface area contributed by atoms with Crippen LogP contribution in [0.1, 0.15) is 40.0 Å². The average molecular weight is 346 g/mol. The highest BCUT2D eigenvalue weighted by Gasteiger charge is 2.89. The minimum absolute atomic E-state index is 0.0347. The number of hydrogen-bond acceptors (Lipinski definition) is 6. The largest absolute Gasteiger partial charge is 0.512 e. The van der Waals surface area contributed by atoms with Crippen LogP contribution in [0.15, 0.2) is 23.5 Å². The number of aliphatic hydroxyl groups excluding tert-OH is 2. The van der Waals surface area contributed by atoms with Gasteiger partial charge in [-0.3, -0.25) is 4.79 Å². The van der Waals surface area contributed by atoms with Crippen LogP contribution in [-0.4, -0.2) is 44.9 Å². The predicted molar refractivity (Wildman–Crippen MR) is 85.5 cm³/mol. The number of aliphatic hydroxyl groups is 2. The van der Waals surface area contributed by atoms with Gasteiger partial charge in [-0.2, -0.15) is 0 Å². The number of hydrogen-bond donors (Lipinski definition) is 2. The summed E-state index contributed by atoms with van der Waals surface area (Å²) in [6, 6.07) is 0. The molecule has 2 N–H and O–H groups in total. The molecule has 1 spiro atoms. The molecule has 5 aliphatic rings. The van der Waals surface area contributed by atoms with Gasteiger partial charge in [-0.25, -0.2) is 4.79 Å². The lowest BCUT2D eigenvalue weighted by Crippen LogP contribution is -2.63. The van der Waals surface area contributed by atoms with Gasteiger partial charge < -0.3 is 19.7 Å². The fraction of sp³-hybridized carbons (Fsp3) is 0.684. The number of ether oxygens (including phenoxy) is 2. The van der Waals surface area contributed by atoms with Crippen LogP contribution in [0.25, 0.3) is 0 Å². The summed E-state index contributed by atoms with van der Waals surface area (Å²) < 4.78 is 12.2. The fourth-order valence-corrected chi connectivity index (χ4v) is 6.09. The SMILES string of the molecule is C[C@H]1CCC(O)=C2C(=O)O[C@@]34C=C[C@]5(C1=O)[C@H](O)[C@@](C)(O[C@]235)[C@@H](C)C4. The van der Waals surface area contributed by atoms with Crippen molar-refractivity contribution < 1.29 is 29.3 Å². The Labute approximate surface area is 145 Å². The summed E-state index contributed by atoms with van der Waals surface area (Å²) in [4.78, 5) is 26.3. The Morgan fingerprint density at radius 3 is 2.68 bits per heavy atom. The van der Waals surface area contributed by atoms with Crippen LogP contribution in [0, 0.1) is 17.3 Å². The van der Waals surface area contributed by atoms with E-state index >= 15 is 0 Å². The zero-order valence-corrected chi connectivity index (χ0v) is 14.5. The lowest BCUT2D eigenvalue weighted by molar-refractivity contribution is -0.221. The molecular weight excluding hydrogens is 324 g/mol. The molecule has 3 heterocycles. The highest BCUT2D eigenvalue weighted by atomic mass is 16.6. The number of carbonyl (C=O) groups excluding carboxylic acids is 2. The fourth-order valence-electron chi connectivity index (χ4n) is 6.09. The zero-order chi connectivity index (χ0) is 18.0. The Kier molecular flexibility index (Phi) is 2.50. The van der Waals surface area contributed by atoms with E-state index in [9.17, 15) is 19.8 Å². The number of esters is 1. The molecule has 0 aromatic heterocycles. The van der Waals surface area contributed by atoms with Gasteiger partial charge in [0.05, 0.1) is 5.60 Å². The van der Waals surface area contributed by atoms with Gasteiger partial charge in [0, 0.05) is 12.3 Å². The van der Waals surface area contributed by atoms with Crippen molar-refractivity contribution in [3.05, 3.63) is 23.5 Å². The second kappa shape index (κ2) is 4.01. The normalized spacial score (nSPS) is 55.9. The van der Waals surface area contributed by atoms with Crippen LogP contribution >= 0.6 is 0 Å². The maximum Gasteiger partial charge on any atom is 0.341 e. The van der Waals surface area contributed by atoms with Gasteiger partial charge in [-0.05, 0) is 31.8 Å². The summed E-state index contributed by atoms with van der Waals surface area (Å²) in [6.45, 7) is 5.54. The van der Waals surface area contributed by atoms with Crippen molar-refractivity contribution >= 4 is 11.8 Å². The van der Waals surface area contributed by atoms with Crippen LogP contribution in [0.2, 0.25) is 0 Å². The number of allylic oxidation sites excluding steroid dienone is 1. The third-order valence-corrected chi connectivity index (χ3v) is 7.52. The van der Waals surface area contributed by atoms with Crippen LogP contribution in [0.5, 0.6) is 0 Å². The molecule has 0 unspecified atom stereocenters. The van der Waals surface area contributed by atoms with Crippen molar-refractivity contribution in [3.63, 3.8) is 0 Å². The van der Waals surface area contributed by atoms with E-state index in [1.54, 1.807) is 26.0 Å².